The molecule has 0 spiro atoms. The van der Waals surface area contributed by atoms with Gasteiger partial charge in [-0.05, 0) is 43.9 Å². The summed E-state index contributed by atoms with van der Waals surface area (Å²) in [5, 5.41) is 30.6. The van der Waals surface area contributed by atoms with Gasteiger partial charge in [-0.25, -0.2) is 9.59 Å². The molecular formula is C26H32O10. The third-order valence-electron chi connectivity index (χ3n) is 4.88. The van der Waals surface area contributed by atoms with Crippen LogP contribution in [0.2, 0.25) is 0 Å². The SMILES string of the molecule is CC(C)(C)COC(=O)Oc1cc([C@H]2Oc3cc(O)cc(O)c3C[C@H]2O)ccc1OC(=O)OC(C)(C)C. The molecular weight excluding hydrogens is 472 g/mol. The highest BCUT2D eigenvalue weighted by Gasteiger charge is 2.33. The molecule has 1 aliphatic heterocycles. The average molecular weight is 505 g/mol. The Bertz CT molecular complexity index is 1130. The molecule has 2 atom stereocenters. The zero-order valence-corrected chi connectivity index (χ0v) is 21.2. The lowest BCUT2D eigenvalue weighted by atomic mass is 9.94. The van der Waals surface area contributed by atoms with Crippen molar-refractivity contribution in [3.63, 3.8) is 0 Å². The molecule has 0 unspecified atom stereocenters. The maximum Gasteiger partial charge on any atom is 0.514 e. The van der Waals surface area contributed by atoms with Crippen molar-refractivity contribution < 1.29 is 48.6 Å². The zero-order valence-electron chi connectivity index (χ0n) is 21.2. The van der Waals surface area contributed by atoms with Gasteiger partial charge in [-0.1, -0.05) is 26.8 Å². The molecule has 2 aromatic rings. The standard InChI is InChI=1S/C26H32O10/c1-25(2,3)13-32-23(30)35-21-9-14(7-8-19(21)34-24(31)36-26(4,5)6)22-18(29)12-16-17(28)10-15(27)11-20(16)33-22/h7-11,18,22,27-29H,12-13H2,1-6H3/t18-,22-/m1/s1. The summed E-state index contributed by atoms with van der Waals surface area (Å²) in [6.07, 6.45) is -3.99. The van der Waals surface area contributed by atoms with Crippen LogP contribution >= 0.6 is 0 Å². The fourth-order valence-corrected chi connectivity index (χ4v) is 3.37. The van der Waals surface area contributed by atoms with Crippen molar-refractivity contribution in [2.24, 2.45) is 5.41 Å². The van der Waals surface area contributed by atoms with Crippen LogP contribution in [0.15, 0.2) is 30.3 Å². The van der Waals surface area contributed by atoms with E-state index in [1.165, 1.54) is 24.3 Å². The quantitative estimate of drug-likeness (QED) is 0.384. The van der Waals surface area contributed by atoms with Gasteiger partial charge in [-0.15, -0.1) is 0 Å². The van der Waals surface area contributed by atoms with E-state index in [4.69, 9.17) is 23.7 Å². The van der Waals surface area contributed by atoms with Crippen LogP contribution in [0.5, 0.6) is 28.7 Å². The first-order valence-electron chi connectivity index (χ1n) is 11.4. The van der Waals surface area contributed by atoms with Gasteiger partial charge in [-0.3, -0.25) is 0 Å². The molecule has 3 N–H and O–H groups in total. The first-order valence-corrected chi connectivity index (χ1v) is 11.4. The minimum Gasteiger partial charge on any atom is -0.508 e. The average Bonchev–Trinajstić information content (AvgIpc) is 2.72. The molecule has 0 aromatic heterocycles. The second-order valence-corrected chi connectivity index (χ2v) is 10.7. The number of hydrogen-bond acceptors (Lipinski definition) is 10. The van der Waals surface area contributed by atoms with Crippen molar-refractivity contribution in [2.75, 3.05) is 6.61 Å². The number of aliphatic hydroxyl groups is 1. The molecule has 0 saturated carbocycles. The largest absolute Gasteiger partial charge is 0.514 e. The van der Waals surface area contributed by atoms with E-state index in [1.807, 2.05) is 20.8 Å². The van der Waals surface area contributed by atoms with Gasteiger partial charge in [0.05, 0.1) is 12.7 Å². The van der Waals surface area contributed by atoms with Crippen LogP contribution < -0.4 is 14.2 Å². The molecule has 2 aromatic carbocycles. The molecule has 0 fully saturated rings. The van der Waals surface area contributed by atoms with E-state index >= 15 is 0 Å². The van der Waals surface area contributed by atoms with Gasteiger partial charge in [0, 0.05) is 24.1 Å². The van der Waals surface area contributed by atoms with Gasteiger partial charge in [0.2, 0.25) is 0 Å². The molecule has 10 nitrogen and oxygen atoms in total. The van der Waals surface area contributed by atoms with E-state index < -0.39 is 30.1 Å². The lowest BCUT2D eigenvalue weighted by Crippen LogP contribution is -2.30. The summed E-state index contributed by atoms with van der Waals surface area (Å²) in [7, 11) is 0. The Hall–Kier alpha value is -3.66. The Kier molecular flexibility index (Phi) is 7.59. The molecule has 10 heteroatoms. The van der Waals surface area contributed by atoms with Crippen molar-refractivity contribution in [3.05, 3.63) is 41.5 Å². The lowest BCUT2D eigenvalue weighted by Gasteiger charge is -2.31. The number of fused-ring (bicyclic) bond motifs is 1. The van der Waals surface area contributed by atoms with Crippen LogP contribution in [-0.4, -0.2) is 45.9 Å². The monoisotopic (exact) mass is 504 g/mol. The van der Waals surface area contributed by atoms with Crippen LogP contribution in [-0.2, 0) is 15.9 Å². The van der Waals surface area contributed by atoms with E-state index in [1.54, 1.807) is 20.8 Å². The topological polar surface area (TPSA) is 141 Å². The van der Waals surface area contributed by atoms with Crippen molar-refractivity contribution in [1.29, 1.82) is 0 Å². The Morgan fingerprint density at radius 1 is 0.972 bits per heavy atom. The van der Waals surface area contributed by atoms with E-state index in [0.717, 1.165) is 6.07 Å². The van der Waals surface area contributed by atoms with E-state index in [0.29, 0.717) is 11.1 Å². The van der Waals surface area contributed by atoms with Crippen LogP contribution in [0.4, 0.5) is 9.59 Å². The normalized spacial score (nSPS) is 17.4. The maximum atomic E-state index is 12.4. The first-order chi connectivity index (χ1) is 16.6. The molecule has 0 aliphatic carbocycles. The number of carbonyl (C=O) groups is 2. The Morgan fingerprint density at radius 3 is 2.28 bits per heavy atom. The van der Waals surface area contributed by atoms with Crippen LogP contribution in [0.3, 0.4) is 0 Å². The predicted octanol–water partition coefficient (Wildman–Crippen LogP) is 5.01. The number of carbonyl (C=O) groups excluding carboxylic acids is 2. The third-order valence-corrected chi connectivity index (χ3v) is 4.88. The Balaban J connectivity index is 1.90. The molecule has 1 heterocycles. The fourth-order valence-electron chi connectivity index (χ4n) is 3.37. The van der Waals surface area contributed by atoms with Crippen molar-refractivity contribution in [3.8, 4) is 28.7 Å². The van der Waals surface area contributed by atoms with E-state index in [9.17, 15) is 24.9 Å². The van der Waals surface area contributed by atoms with Crippen LogP contribution in [0.1, 0.15) is 58.8 Å². The number of phenols is 2. The number of benzene rings is 2. The molecule has 1 aliphatic rings. The third kappa shape index (κ3) is 7.17. The number of aromatic hydroxyl groups is 2. The molecule has 36 heavy (non-hydrogen) atoms. The summed E-state index contributed by atoms with van der Waals surface area (Å²) >= 11 is 0. The lowest BCUT2D eigenvalue weighted by molar-refractivity contribution is 0.0178. The Morgan fingerprint density at radius 2 is 1.64 bits per heavy atom. The predicted molar refractivity (Wildman–Crippen MR) is 128 cm³/mol. The highest BCUT2D eigenvalue weighted by Crippen LogP contribution is 2.43. The zero-order chi connectivity index (χ0) is 26.8. The molecule has 0 radical (unpaired) electrons. The molecule has 0 saturated heterocycles. The van der Waals surface area contributed by atoms with Gasteiger partial charge in [0.1, 0.15) is 29.0 Å². The first kappa shape index (κ1) is 26.9. The summed E-state index contributed by atoms with van der Waals surface area (Å²) in [5.41, 5.74) is -0.384. The molecule has 0 bridgehead atoms. The minimum absolute atomic E-state index is 0.0477. The molecule has 3 rings (SSSR count). The number of hydrogen-bond donors (Lipinski definition) is 3. The maximum absolute atomic E-state index is 12.4. The highest BCUT2D eigenvalue weighted by molar-refractivity contribution is 5.69. The van der Waals surface area contributed by atoms with E-state index in [2.05, 4.69) is 0 Å². The summed E-state index contributed by atoms with van der Waals surface area (Å²) in [5.74, 6) is -0.467. The fraction of sp³-hybridized carbons (Fsp3) is 0.462. The van der Waals surface area contributed by atoms with Gasteiger partial charge in [-0.2, -0.15) is 0 Å². The van der Waals surface area contributed by atoms with Crippen molar-refractivity contribution >= 4 is 12.3 Å². The summed E-state index contributed by atoms with van der Waals surface area (Å²) in [6.45, 7) is 10.8. The van der Waals surface area contributed by atoms with Gasteiger partial charge >= 0.3 is 12.3 Å². The number of aliphatic hydroxyl groups excluding tert-OH is 1. The second-order valence-electron chi connectivity index (χ2n) is 10.7. The van der Waals surface area contributed by atoms with Crippen molar-refractivity contribution in [2.45, 2.75) is 65.8 Å². The number of rotatable bonds is 4. The minimum atomic E-state index is -1.08. The van der Waals surface area contributed by atoms with Gasteiger partial charge in [0.25, 0.3) is 0 Å². The molecule has 0 amide bonds. The number of phenolic OH excluding ortho intramolecular Hbond substituents is 2. The molecule has 196 valence electrons. The van der Waals surface area contributed by atoms with Crippen LogP contribution in [0.25, 0.3) is 0 Å². The van der Waals surface area contributed by atoms with Crippen molar-refractivity contribution in [1.82, 2.24) is 0 Å². The highest BCUT2D eigenvalue weighted by atomic mass is 16.8. The summed E-state index contributed by atoms with van der Waals surface area (Å²) in [6, 6.07) is 6.76. The Labute approximate surface area is 209 Å². The summed E-state index contributed by atoms with van der Waals surface area (Å²) < 4.78 is 26.8. The van der Waals surface area contributed by atoms with Crippen LogP contribution in [0, 0.1) is 5.41 Å². The smallest absolute Gasteiger partial charge is 0.508 e. The van der Waals surface area contributed by atoms with E-state index in [-0.39, 0.29) is 47.2 Å². The second kappa shape index (κ2) is 10.1. The number of ether oxygens (including phenoxy) is 5. The van der Waals surface area contributed by atoms with Gasteiger partial charge in [0.15, 0.2) is 11.5 Å². The summed E-state index contributed by atoms with van der Waals surface area (Å²) in [4.78, 5) is 24.6. The van der Waals surface area contributed by atoms with Gasteiger partial charge < -0.3 is 39.0 Å².